The maximum Gasteiger partial charge on any atom is 0.306 e. The van der Waals surface area contributed by atoms with E-state index in [0.717, 1.165) is 6.08 Å². The molecule has 4 rings (SSSR count). The van der Waals surface area contributed by atoms with Crippen LogP contribution in [0.25, 0.3) is 0 Å². The van der Waals surface area contributed by atoms with Crippen LogP contribution in [0.4, 0.5) is 13.2 Å². The number of alkyl halides is 3. The van der Waals surface area contributed by atoms with Crippen molar-refractivity contribution >= 4 is 34.6 Å². The Morgan fingerprint density at radius 1 is 1.12 bits per heavy atom. The molecular formula is C30H39F3O6S. The van der Waals surface area contributed by atoms with E-state index >= 15 is 8.78 Å². The zero-order valence-corrected chi connectivity index (χ0v) is 24.6. The molecule has 0 bridgehead atoms. The number of hydrogen-bond acceptors (Lipinski definition) is 7. The lowest BCUT2D eigenvalue weighted by atomic mass is 9.44. The minimum Gasteiger partial charge on any atom is -0.459 e. The molecule has 0 heterocycles. The fourth-order valence-electron chi connectivity index (χ4n) is 8.26. The number of ether oxygens (including phenoxy) is 2. The molecule has 0 saturated heterocycles. The Kier molecular flexibility index (Phi) is 8.45. The second-order valence-corrected chi connectivity index (χ2v) is 13.0. The first-order valence-corrected chi connectivity index (χ1v) is 15.2. The van der Waals surface area contributed by atoms with E-state index in [1.165, 1.54) is 19.1 Å². The molecule has 0 spiro atoms. The van der Waals surface area contributed by atoms with Gasteiger partial charge in [0.05, 0.1) is 0 Å². The van der Waals surface area contributed by atoms with Crippen LogP contribution in [-0.2, 0) is 28.7 Å². The lowest BCUT2D eigenvalue weighted by Gasteiger charge is -2.63. The molecule has 0 radical (unpaired) electrons. The monoisotopic (exact) mass is 584 g/mol. The predicted octanol–water partition coefficient (Wildman–Crippen LogP) is 6.17. The van der Waals surface area contributed by atoms with E-state index in [1.807, 2.05) is 6.92 Å². The van der Waals surface area contributed by atoms with E-state index in [9.17, 15) is 23.6 Å². The Bertz CT molecular complexity index is 1140. The maximum atomic E-state index is 18.1. The summed E-state index contributed by atoms with van der Waals surface area (Å²) in [6.07, 6.45) is 1.65. The molecule has 0 unspecified atom stereocenters. The number of carbonyl (C=O) groups is 4. The summed E-state index contributed by atoms with van der Waals surface area (Å²) in [5.74, 6) is -4.05. The van der Waals surface area contributed by atoms with Crippen LogP contribution in [0.5, 0.6) is 0 Å². The van der Waals surface area contributed by atoms with Gasteiger partial charge in [-0.2, -0.15) is 0 Å². The molecule has 0 aromatic heterocycles. The Labute approximate surface area is 237 Å². The van der Waals surface area contributed by atoms with Crippen LogP contribution in [-0.4, -0.2) is 52.4 Å². The fraction of sp³-hybridized carbons (Fsp3) is 0.733. The van der Waals surface area contributed by atoms with E-state index in [2.05, 4.69) is 0 Å². The smallest absolute Gasteiger partial charge is 0.306 e. The quantitative estimate of drug-likeness (QED) is 0.315. The van der Waals surface area contributed by atoms with Gasteiger partial charge in [-0.3, -0.25) is 19.2 Å². The molecule has 0 N–H and O–H groups in total. The largest absolute Gasteiger partial charge is 0.459 e. The van der Waals surface area contributed by atoms with Gasteiger partial charge in [-0.1, -0.05) is 40.2 Å². The lowest BCUT2D eigenvalue weighted by molar-refractivity contribution is -0.237. The maximum absolute atomic E-state index is 18.1. The number of halogens is 3. The standard InChI is InChI=1S/C30H39F3O6S/c1-6-8-9-25(36)38-23-15-28(5)19(12-17(3)30(28,26(37)40-16-31)39-24(35)7-2)20-14-22(32)21-13-18(34)10-11-27(21,4)29(20,23)33/h10-11,13,17,19-20,22-23H,6-9,12,14-16H2,1-5H3/t17-,19+,20+,22+,23+,27+,28+,29+,30+/m1/s1. The van der Waals surface area contributed by atoms with Crippen LogP contribution in [0.15, 0.2) is 23.8 Å². The average molecular weight is 585 g/mol. The summed E-state index contributed by atoms with van der Waals surface area (Å²) < 4.78 is 59.5. The molecule has 6 nitrogen and oxygen atoms in total. The van der Waals surface area contributed by atoms with Crippen molar-refractivity contribution in [2.24, 2.45) is 28.6 Å². The highest BCUT2D eigenvalue weighted by Crippen LogP contribution is 2.72. The molecule has 0 aromatic carbocycles. The molecule has 0 aliphatic heterocycles. The molecule has 10 heteroatoms. The van der Waals surface area contributed by atoms with Gasteiger partial charge in [0.2, 0.25) is 5.12 Å². The number of fused-ring (bicyclic) bond motifs is 5. The molecule has 3 saturated carbocycles. The summed E-state index contributed by atoms with van der Waals surface area (Å²) in [4.78, 5) is 51.7. The second-order valence-electron chi connectivity index (χ2n) is 12.2. The topological polar surface area (TPSA) is 86.7 Å². The summed E-state index contributed by atoms with van der Waals surface area (Å²) in [6.45, 7) is 8.43. The van der Waals surface area contributed by atoms with Crippen LogP contribution < -0.4 is 0 Å². The van der Waals surface area contributed by atoms with Crippen LogP contribution in [0.1, 0.15) is 79.6 Å². The molecule has 9 atom stereocenters. The first kappa shape index (κ1) is 30.8. The van der Waals surface area contributed by atoms with Gasteiger partial charge in [-0.15, -0.1) is 0 Å². The number of esters is 2. The van der Waals surface area contributed by atoms with Gasteiger partial charge in [-0.05, 0) is 68.0 Å². The van der Waals surface area contributed by atoms with Crippen LogP contribution in [0.2, 0.25) is 0 Å². The highest BCUT2D eigenvalue weighted by atomic mass is 32.2. The Morgan fingerprint density at radius 2 is 1.82 bits per heavy atom. The van der Waals surface area contributed by atoms with Gasteiger partial charge in [0, 0.05) is 35.5 Å². The third kappa shape index (κ3) is 4.29. The summed E-state index contributed by atoms with van der Waals surface area (Å²) in [6, 6.07) is -1.04. The minimum atomic E-state index is -2.31. The van der Waals surface area contributed by atoms with Crippen molar-refractivity contribution in [3.05, 3.63) is 23.8 Å². The number of thioether (sulfide) groups is 1. The van der Waals surface area contributed by atoms with Crippen LogP contribution in [0.3, 0.4) is 0 Å². The Morgan fingerprint density at radius 3 is 2.45 bits per heavy atom. The van der Waals surface area contributed by atoms with Crippen molar-refractivity contribution in [2.45, 2.75) is 103 Å². The minimum absolute atomic E-state index is 0.00995. The van der Waals surface area contributed by atoms with E-state index in [4.69, 9.17) is 9.47 Å². The molecule has 222 valence electrons. The number of allylic oxidation sites excluding steroid dienone is 4. The van der Waals surface area contributed by atoms with Crippen molar-refractivity contribution in [3.63, 3.8) is 0 Å². The lowest BCUT2D eigenvalue weighted by Crippen LogP contribution is -2.71. The van der Waals surface area contributed by atoms with Crippen molar-refractivity contribution in [1.29, 1.82) is 0 Å². The van der Waals surface area contributed by atoms with Gasteiger partial charge in [0.15, 0.2) is 17.1 Å². The first-order valence-electron chi connectivity index (χ1n) is 14.2. The SMILES string of the molecule is CCCCC(=O)O[C@H]1C[C@@]2(C)[C@@H](C[C@@H](C)[C@]2(OC(=O)CC)C(=O)SCF)[C@@H]2C[C@H](F)C3=CC(=O)C=C[C@]3(C)[C@@]12F. The Balaban J connectivity index is 1.92. The van der Waals surface area contributed by atoms with Crippen molar-refractivity contribution in [1.82, 2.24) is 0 Å². The fourth-order valence-corrected chi connectivity index (χ4v) is 9.05. The van der Waals surface area contributed by atoms with E-state index in [-0.39, 0.29) is 37.7 Å². The first-order chi connectivity index (χ1) is 18.8. The van der Waals surface area contributed by atoms with Gasteiger partial charge in [0.1, 0.15) is 18.3 Å². The summed E-state index contributed by atoms with van der Waals surface area (Å²) in [5, 5.41) is -0.681. The van der Waals surface area contributed by atoms with Crippen LogP contribution >= 0.6 is 11.8 Å². The van der Waals surface area contributed by atoms with Gasteiger partial charge < -0.3 is 9.47 Å². The van der Waals surface area contributed by atoms with E-state index in [0.29, 0.717) is 24.6 Å². The summed E-state index contributed by atoms with van der Waals surface area (Å²) in [7, 11) is 0. The second kappa shape index (κ2) is 11.0. The Hall–Kier alpha value is -2.10. The number of carbonyl (C=O) groups excluding carboxylic acids is 4. The van der Waals surface area contributed by atoms with Crippen molar-refractivity contribution < 1.29 is 41.8 Å². The molecular weight excluding hydrogens is 545 g/mol. The predicted molar refractivity (Wildman–Crippen MR) is 144 cm³/mol. The number of rotatable bonds is 8. The van der Waals surface area contributed by atoms with Gasteiger partial charge in [-0.25, -0.2) is 13.2 Å². The third-order valence-electron chi connectivity index (χ3n) is 10.2. The molecule has 3 fully saturated rings. The molecule has 0 amide bonds. The average Bonchev–Trinajstić information content (AvgIpc) is 3.12. The normalized spacial score (nSPS) is 41.9. The van der Waals surface area contributed by atoms with Crippen molar-refractivity contribution in [3.8, 4) is 0 Å². The molecule has 0 aromatic rings. The molecule has 4 aliphatic rings. The van der Waals surface area contributed by atoms with E-state index in [1.54, 1.807) is 20.8 Å². The number of ketones is 1. The van der Waals surface area contributed by atoms with Crippen LogP contribution in [0, 0.1) is 28.6 Å². The number of unbranched alkanes of at least 4 members (excludes halogenated alkanes) is 1. The van der Waals surface area contributed by atoms with Gasteiger partial charge >= 0.3 is 11.9 Å². The van der Waals surface area contributed by atoms with Gasteiger partial charge in [0.25, 0.3) is 0 Å². The zero-order valence-electron chi connectivity index (χ0n) is 23.8. The molecule has 40 heavy (non-hydrogen) atoms. The zero-order chi connectivity index (χ0) is 29.7. The molecule has 4 aliphatic carbocycles. The highest BCUT2D eigenvalue weighted by molar-refractivity contribution is 8.13. The summed E-state index contributed by atoms with van der Waals surface area (Å²) >= 11 is 0.395. The summed E-state index contributed by atoms with van der Waals surface area (Å²) in [5.41, 5.74) is -7.00. The van der Waals surface area contributed by atoms with Crippen molar-refractivity contribution in [2.75, 3.05) is 6.01 Å². The van der Waals surface area contributed by atoms with E-state index < -0.39 is 81.0 Å². The number of hydrogen-bond donors (Lipinski definition) is 0. The highest BCUT2D eigenvalue weighted by Gasteiger charge is 2.79. The third-order valence-corrected chi connectivity index (χ3v) is 10.9.